The summed E-state index contributed by atoms with van der Waals surface area (Å²) >= 11 is 1.46. The van der Waals surface area contributed by atoms with Gasteiger partial charge in [0, 0.05) is 31.2 Å². The normalized spacial score (nSPS) is 16.5. The average Bonchev–Trinajstić information content (AvgIpc) is 3.30. The molecule has 2 aromatic carbocycles. The fourth-order valence-electron chi connectivity index (χ4n) is 4.45. The summed E-state index contributed by atoms with van der Waals surface area (Å²) < 4.78 is 34.5. The second kappa shape index (κ2) is 12.1. The van der Waals surface area contributed by atoms with Crippen LogP contribution in [-0.4, -0.2) is 75.4 Å². The van der Waals surface area contributed by atoms with E-state index in [0.717, 1.165) is 35.0 Å². The molecule has 1 aliphatic rings. The van der Waals surface area contributed by atoms with E-state index >= 15 is 0 Å². The van der Waals surface area contributed by atoms with Crippen molar-refractivity contribution in [3.8, 4) is 5.75 Å². The third-order valence-electron chi connectivity index (χ3n) is 6.61. The summed E-state index contributed by atoms with van der Waals surface area (Å²) in [5.74, 6) is 0.447. The van der Waals surface area contributed by atoms with E-state index < -0.39 is 10.0 Å². The minimum Gasteiger partial charge on any atom is -0.494 e. The van der Waals surface area contributed by atoms with Crippen LogP contribution in [0.3, 0.4) is 0 Å². The fourth-order valence-corrected chi connectivity index (χ4v) is 7.23. The minimum absolute atomic E-state index is 0. The molecule has 202 valence electrons. The van der Waals surface area contributed by atoms with E-state index in [1.165, 1.54) is 11.3 Å². The van der Waals surface area contributed by atoms with Crippen LogP contribution in [0.4, 0.5) is 5.13 Å². The summed E-state index contributed by atoms with van der Waals surface area (Å²) in [6.45, 7) is 5.59. The number of benzene rings is 2. The second-order valence-corrected chi connectivity index (χ2v) is 12.4. The van der Waals surface area contributed by atoms with Gasteiger partial charge in [0.05, 0.1) is 16.7 Å². The molecule has 1 amide bonds. The number of likely N-dealkylation sites (N-methyl/N-ethyl adjacent to an activating group) is 1. The van der Waals surface area contributed by atoms with Crippen LogP contribution in [0.1, 0.15) is 42.1 Å². The monoisotopic (exact) mass is 566 g/mol. The first-order valence-corrected chi connectivity index (χ1v) is 14.4. The van der Waals surface area contributed by atoms with Gasteiger partial charge in [-0.25, -0.2) is 13.4 Å². The van der Waals surface area contributed by atoms with Crippen LogP contribution in [0.5, 0.6) is 5.75 Å². The molecular formula is C26H35ClN4O4S2. The Balaban J connectivity index is 0.00000380. The summed E-state index contributed by atoms with van der Waals surface area (Å²) in [5, 5.41) is 0.586. The van der Waals surface area contributed by atoms with E-state index in [1.807, 2.05) is 45.0 Å². The SMILES string of the molecule is COc1ccc(C)c2sc(N(CCN(C)C)C(=O)c3ccc(S(=O)(=O)N4CCCCC4C)cc3)nc12.Cl. The number of ether oxygens (including phenoxy) is 1. The molecule has 1 aliphatic heterocycles. The first-order chi connectivity index (χ1) is 17.1. The molecule has 0 bridgehead atoms. The molecule has 0 radical (unpaired) electrons. The van der Waals surface area contributed by atoms with Gasteiger partial charge in [0.15, 0.2) is 5.13 Å². The second-order valence-electron chi connectivity index (χ2n) is 9.50. The zero-order valence-electron chi connectivity index (χ0n) is 21.9. The molecule has 4 rings (SSSR count). The van der Waals surface area contributed by atoms with Crippen LogP contribution in [-0.2, 0) is 10.0 Å². The fraction of sp³-hybridized carbons (Fsp3) is 0.462. The van der Waals surface area contributed by atoms with Gasteiger partial charge in [-0.2, -0.15) is 4.31 Å². The number of rotatable bonds is 8. The Kier molecular flexibility index (Phi) is 9.57. The molecule has 1 fully saturated rings. The number of halogens is 1. The van der Waals surface area contributed by atoms with E-state index in [2.05, 4.69) is 0 Å². The van der Waals surface area contributed by atoms with Crippen LogP contribution in [0.25, 0.3) is 10.2 Å². The Morgan fingerprint density at radius 2 is 1.84 bits per heavy atom. The van der Waals surface area contributed by atoms with Crippen LogP contribution in [0.2, 0.25) is 0 Å². The van der Waals surface area contributed by atoms with Gasteiger partial charge in [-0.05, 0) is 76.7 Å². The molecule has 37 heavy (non-hydrogen) atoms. The van der Waals surface area contributed by atoms with Crippen molar-refractivity contribution >= 4 is 55.0 Å². The lowest BCUT2D eigenvalue weighted by Crippen LogP contribution is -2.41. The van der Waals surface area contributed by atoms with Crippen molar-refractivity contribution in [3.63, 3.8) is 0 Å². The smallest absolute Gasteiger partial charge is 0.260 e. The number of methoxy groups -OCH3 is 1. The Bertz CT molecular complexity index is 1340. The predicted octanol–water partition coefficient (Wildman–Crippen LogP) is 4.81. The number of fused-ring (bicyclic) bond motifs is 1. The third-order valence-corrected chi connectivity index (χ3v) is 9.85. The highest BCUT2D eigenvalue weighted by Crippen LogP contribution is 2.37. The van der Waals surface area contributed by atoms with E-state index in [1.54, 1.807) is 40.6 Å². The molecule has 11 heteroatoms. The van der Waals surface area contributed by atoms with Gasteiger partial charge in [0.2, 0.25) is 10.0 Å². The average molecular weight is 567 g/mol. The number of nitrogens with zero attached hydrogens (tertiary/aromatic N) is 4. The molecule has 0 saturated carbocycles. The first kappa shape index (κ1) is 29.3. The highest BCUT2D eigenvalue weighted by atomic mass is 35.5. The maximum Gasteiger partial charge on any atom is 0.260 e. The Morgan fingerprint density at radius 1 is 1.14 bits per heavy atom. The van der Waals surface area contributed by atoms with Crippen molar-refractivity contribution in [1.82, 2.24) is 14.2 Å². The Morgan fingerprint density at radius 3 is 2.46 bits per heavy atom. The predicted molar refractivity (Wildman–Crippen MR) is 152 cm³/mol. The van der Waals surface area contributed by atoms with Gasteiger partial charge >= 0.3 is 0 Å². The molecule has 1 unspecified atom stereocenters. The number of aryl methyl sites for hydroxylation is 1. The number of piperidine rings is 1. The standard InChI is InChI=1S/C26H34N4O4S2.ClH/c1-18-9-14-22(34-5)23-24(18)35-26(27-23)29(17-16-28(3)4)25(31)20-10-12-21(13-11-20)36(32,33)30-15-7-6-8-19(30)2;/h9-14,19H,6-8,15-17H2,1-5H3;1H. The van der Waals surface area contributed by atoms with E-state index in [4.69, 9.17) is 9.72 Å². The summed E-state index contributed by atoms with van der Waals surface area (Å²) in [6, 6.07) is 10.1. The largest absolute Gasteiger partial charge is 0.494 e. The lowest BCUT2D eigenvalue weighted by molar-refractivity contribution is 0.0985. The van der Waals surface area contributed by atoms with Crippen LogP contribution >= 0.6 is 23.7 Å². The molecule has 0 spiro atoms. The molecule has 1 saturated heterocycles. The number of sulfonamides is 1. The van der Waals surface area contributed by atoms with Gasteiger partial charge in [0.25, 0.3) is 5.91 Å². The van der Waals surface area contributed by atoms with Gasteiger partial charge < -0.3 is 9.64 Å². The summed E-state index contributed by atoms with van der Waals surface area (Å²) in [7, 11) is 1.92. The number of carbonyl (C=O) groups excluding carboxylic acids is 1. The van der Waals surface area contributed by atoms with E-state index in [9.17, 15) is 13.2 Å². The van der Waals surface area contributed by atoms with E-state index in [-0.39, 0.29) is 29.3 Å². The van der Waals surface area contributed by atoms with Crippen molar-refractivity contribution in [2.24, 2.45) is 0 Å². The highest BCUT2D eigenvalue weighted by Gasteiger charge is 2.31. The number of hydrogen-bond donors (Lipinski definition) is 0. The Labute approximate surface area is 229 Å². The lowest BCUT2D eigenvalue weighted by atomic mass is 10.1. The molecule has 0 aliphatic carbocycles. The lowest BCUT2D eigenvalue weighted by Gasteiger charge is -2.32. The van der Waals surface area contributed by atoms with Crippen LogP contribution in [0, 0.1) is 6.92 Å². The number of amides is 1. The third kappa shape index (κ3) is 6.09. The van der Waals surface area contributed by atoms with Crippen molar-refractivity contribution < 1.29 is 17.9 Å². The number of thiazole rings is 1. The quantitative estimate of drug-likeness (QED) is 0.389. The zero-order chi connectivity index (χ0) is 26.0. The van der Waals surface area contributed by atoms with Crippen LogP contribution in [0.15, 0.2) is 41.3 Å². The number of hydrogen-bond acceptors (Lipinski definition) is 7. The van der Waals surface area contributed by atoms with Crippen molar-refractivity contribution in [2.75, 3.05) is 45.7 Å². The number of anilines is 1. The molecule has 1 atom stereocenters. The number of aromatic nitrogens is 1. The molecule has 1 aromatic heterocycles. The van der Waals surface area contributed by atoms with E-state index in [0.29, 0.717) is 36.1 Å². The van der Waals surface area contributed by atoms with Gasteiger partial charge in [-0.3, -0.25) is 9.69 Å². The number of carbonyl (C=O) groups is 1. The topological polar surface area (TPSA) is 83.0 Å². The van der Waals surface area contributed by atoms with Gasteiger partial charge in [0.1, 0.15) is 11.3 Å². The summed E-state index contributed by atoms with van der Waals surface area (Å²) in [4.78, 5) is 22.3. The summed E-state index contributed by atoms with van der Waals surface area (Å²) in [5.41, 5.74) is 2.22. The van der Waals surface area contributed by atoms with Gasteiger partial charge in [-0.1, -0.05) is 23.8 Å². The Hall–Kier alpha value is -2.24. The minimum atomic E-state index is -3.60. The molecule has 3 aromatic rings. The van der Waals surface area contributed by atoms with Crippen LogP contribution < -0.4 is 9.64 Å². The highest BCUT2D eigenvalue weighted by molar-refractivity contribution is 7.89. The van der Waals surface area contributed by atoms with Crippen molar-refractivity contribution in [3.05, 3.63) is 47.5 Å². The van der Waals surface area contributed by atoms with Crippen molar-refractivity contribution in [2.45, 2.75) is 44.0 Å². The maximum atomic E-state index is 13.7. The summed E-state index contributed by atoms with van der Waals surface area (Å²) in [6.07, 6.45) is 2.77. The molecule has 8 nitrogen and oxygen atoms in total. The first-order valence-electron chi connectivity index (χ1n) is 12.2. The molecular weight excluding hydrogens is 532 g/mol. The molecule has 2 heterocycles. The van der Waals surface area contributed by atoms with Crippen molar-refractivity contribution in [1.29, 1.82) is 0 Å². The zero-order valence-corrected chi connectivity index (χ0v) is 24.4. The maximum absolute atomic E-state index is 13.7. The van der Waals surface area contributed by atoms with Gasteiger partial charge in [-0.15, -0.1) is 12.4 Å². The molecule has 0 N–H and O–H groups in total.